The number of methoxy groups -OCH3 is 1. The van der Waals surface area contributed by atoms with Gasteiger partial charge in [-0.2, -0.15) is 0 Å². The highest BCUT2D eigenvalue weighted by atomic mass is 32.1. The number of aliphatic carboxylic acids is 1. The molecule has 0 aliphatic heterocycles. The van der Waals surface area contributed by atoms with Crippen molar-refractivity contribution in [3.63, 3.8) is 0 Å². The number of hydrogen-bond acceptors (Lipinski definition) is 6. The fourth-order valence-electron chi connectivity index (χ4n) is 2.21. The molecule has 0 radical (unpaired) electrons. The van der Waals surface area contributed by atoms with E-state index in [1.807, 2.05) is 0 Å². The Morgan fingerprint density at radius 2 is 2.19 bits per heavy atom. The molecule has 0 saturated heterocycles. The normalized spacial score (nSPS) is 14.3. The Bertz CT molecular complexity index is 803. The number of carboxylic acids is 1. The smallest absolute Gasteiger partial charge is 0.348 e. The molecular formula is C13H12N2O5S. The van der Waals surface area contributed by atoms with Crippen molar-refractivity contribution in [3.8, 4) is 0 Å². The maximum Gasteiger partial charge on any atom is 0.348 e. The summed E-state index contributed by atoms with van der Waals surface area (Å²) in [6.07, 6.45) is 1.54. The van der Waals surface area contributed by atoms with Crippen LogP contribution in [0, 0.1) is 0 Å². The number of fused-ring (bicyclic) bond motifs is 1. The molecule has 2 N–H and O–H groups in total. The first kappa shape index (κ1) is 13.7. The lowest BCUT2D eigenvalue weighted by Gasteiger charge is -2.00. The van der Waals surface area contributed by atoms with Gasteiger partial charge >= 0.3 is 11.9 Å². The van der Waals surface area contributed by atoms with Gasteiger partial charge in [0.2, 0.25) is 0 Å². The highest BCUT2D eigenvalue weighted by Crippen LogP contribution is 2.39. The molecule has 1 fully saturated rings. The van der Waals surface area contributed by atoms with E-state index >= 15 is 0 Å². The summed E-state index contributed by atoms with van der Waals surface area (Å²) >= 11 is 1.00. The topological polar surface area (TPSA) is 109 Å². The number of carbonyl (C=O) groups is 2. The van der Waals surface area contributed by atoms with Gasteiger partial charge in [-0.1, -0.05) is 0 Å². The molecule has 0 spiro atoms. The number of carboxylic acid groups (broad SMARTS) is 1. The van der Waals surface area contributed by atoms with Crippen molar-refractivity contribution in [1.29, 1.82) is 0 Å². The average Bonchev–Trinajstić information content (AvgIpc) is 3.21. The van der Waals surface area contributed by atoms with Gasteiger partial charge in [0.15, 0.2) is 0 Å². The van der Waals surface area contributed by atoms with Crippen molar-refractivity contribution >= 4 is 33.5 Å². The van der Waals surface area contributed by atoms with E-state index in [0.29, 0.717) is 10.7 Å². The Morgan fingerprint density at radius 1 is 1.48 bits per heavy atom. The van der Waals surface area contributed by atoms with E-state index in [0.717, 1.165) is 24.2 Å². The van der Waals surface area contributed by atoms with Crippen LogP contribution in [0.1, 0.15) is 39.8 Å². The maximum atomic E-state index is 12.2. The molecule has 2 aromatic rings. The Hall–Kier alpha value is -2.22. The SMILES string of the molecule is COC(=O)c1sc2nc(C3CC3)[nH]c(=O)c2c1CC(=O)O. The summed E-state index contributed by atoms with van der Waals surface area (Å²) in [5.74, 6) is -0.909. The summed E-state index contributed by atoms with van der Waals surface area (Å²) in [4.78, 5) is 42.6. The Labute approximate surface area is 122 Å². The van der Waals surface area contributed by atoms with Gasteiger partial charge in [-0.15, -0.1) is 11.3 Å². The van der Waals surface area contributed by atoms with E-state index in [4.69, 9.17) is 5.11 Å². The lowest BCUT2D eigenvalue weighted by Crippen LogP contribution is -2.14. The first-order valence-corrected chi connectivity index (χ1v) is 7.18. The van der Waals surface area contributed by atoms with Crippen molar-refractivity contribution in [2.45, 2.75) is 25.2 Å². The zero-order chi connectivity index (χ0) is 15.1. The van der Waals surface area contributed by atoms with E-state index in [1.54, 1.807) is 0 Å². The van der Waals surface area contributed by atoms with Crippen LogP contribution >= 0.6 is 11.3 Å². The molecule has 110 valence electrons. The molecule has 0 bridgehead atoms. The molecule has 1 aliphatic carbocycles. The molecule has 3 rings (SSSR count). The van der Waals surface area contributed by atoms with E-state index in [1.165, 1.54) is 7.11 Å². The Balaban J connectivity index is 2.25. The van der Waals surface area contributed by atoms with E-state index in [2.05, 4.69) is 14.7 Å². The molecule has 0 atom stereocenters. The lowest BCUT2D eigenvalue weighted by molar-refractivity contribution is -0.136. The number of carbonyl (C=O) groups excluding carboxylic acids is 1. The van der Waals surface area contributed by atoms with Crippen LogP contribution in [0.15, 0.2) is 4.79 Å². The van der Waals surface area contributed by atoms with Gasteiger partial charge in [-0.25, -0.2) is 9.78 Å². The lowest BCUT2D eigenvalue weighted by atomic mass is 10.1. The minimum Gasteiger partial charge on any atom is -0.481 e. The number of aromatic nitrogens is 2. The summed E-state index contributed by atoms with van der Waals surface area (Å²) < 4.78 is 4.66. The van der Waals surface area contributed by atoms with Crippen LogP contribution in [0.5, 0.6) is 0 Å². The molecule has 21 heavy (non-hydrogen) atoms. The van der Waals surface area contributed by atoms with Crippen LogP contribution in [0.4, 0.5) is 0 Å². The summed E-state index contributed by atoms with van der Waals surface area (Å²) in [6.45, 7) is 0. The zero-order valence-corrected chi connectivity index (χ0v) is 12.0. The summed E-state index contributed by atoms with van der Waals surface area (Å²) in [6, 6.07) is 0. The third-order valence-electron chi connectivity index (χ3n) is 3.34. The summed E-state index contributed by atoms with van der Waals surface area (Å²) in [5, 5.41) is 9.16. The number of nitrogens with zero attached hydrogens (tertiary/aromatic N) is 1. The quantitative estimate of drug-likeness (QED) is 0.823. The fraction of sp³-hybridized carbons (Fsp3) is 0.385. The first-order chi connectivity index (χ1) is 10.0. The van der Waals surface area contributed by atoms with Crippen LogP contribution in [0.2, 0.25) is 0 Å². The van der Waals surface area contributed by atoms with Crippen molar-refractivity contribution in [1.82, 2.24) is 9.97 Å². The molecule has 0 unspecified atom stereocenters. The van der Waals surface area contributed by atoms with Crippen LogP contribution in [0.3, 0.4) is 0 Å². The molecule has 8 heteroatoms. The van der Waals surface area contributed by atoms with E-state index in [-0.39, 0.29) is 21.7 Å². The monoisotopic (exact) mass is 308 g/mol. The minimum atomic E-state index is -1.12. The number of nitrogens with one attached hydrogen (secondary N) is 1. The van der Waals surface area contributed by atoms with Crippen molar-refractivity contribution in [2.24, 2.45) is 0 Å². The minimum absolute atomic E-state index is 0.126. The number of esters is 1. The second kappa shape index (κ2) is 4.96. The van der Waals surface area contributed by atoms with Gasteiger partial charge in [0.05, 0.1) is 18.9 Å². The standard InChI is InChI=1S/C13H12N2O5S/c1-20-13(19)9-6(4-7(16)17)8-11(18)14-10(5-2-3-5)15-12(8)21-9/h5H,2-4H2,1H3,(H,16,17)(H,14,15,18). The van der Waals surface area contributed by atoms with Crippen LogP contribution in [-0.4, -0.2) is 34.1 Å². The average molecular weight is 308 g/mol. The van der Waals surface area contributed by atoms with E-state index < -0.39 is 23.9 Å². The number of hydrogen-bond donors (Lipinski definition) is 2. The Morgan fingerprint density at radius 3 is 2.76 bits per heavy atom. The second-order valence-corrected chi connectivity index (χ2v) is 5.88. The molecule has 1 saturated carbocycles. The van der Waals surface area contributed by atoms with Gasteiger partial charge in [-0.3, -0.25) is 9.59 Å². The van der Waals surface area contributed by atoms with E-state index in [9.17, 15) is 14.4 Å². The van der Waals surface area contributed by atoms with Crippen molar-refractivity contribution in [3.05, 3.63) is 26.6 Å². The summed E-state index contributed by atoms with van der Waals surface area (Å²) in [5.41, 5.74) is -0.227. The zero-order valence-electron chi connectivity index (χ0n) is 11.1. The van der Waals surface area contributed by atoms with Gasteiger partial charge in [0, 0.05) is 11.5 Å². The Kier molecular flexibility index (Phi) is 3.25. The predicted molar refractivity (Wildman–Crippen MR) is 74.9 cm³/mol. The van der Waals surface area contributed by atoms with Crippen molar-refractivity contribution < 1.29 is 19.4 Å². The summed E-state index contributed by atoms with van der Waals surface area (Å²) in [7, 11) is 1.21. The number of rotatable bonds is 4. The molecule has 2 heterocycles. The molecule has 2 aromatic heterocycles. The molecule has 7 nitrogen and oxygen atoms in total. The predicted octanol–water partition coefficient (Wildman–Crippen LogP) is 1.28. The fourth-order valence-corrected chi connectivity index (χ4v) is 3.33. The maximum absolute atomic E-state index is 12.2. The largest absolute Gasteiger partial charge is 0.481 e. The van der Waals surface area contributed by atoms with Gasteiger partial charge in [-0.05, 0) is 12.8 Å². The number of thiophene rings is 1. The third-order valence-corrected chi connectivity index (χ3v) is 4.45. The van der Waals surface area contributed by atoms with Crippen LogP contribution in [-0.2, 0) is 16.0 Å². The molecule has 0 aromatic carbocycles. The van der Waals surface area contributed by atoms with Gasteiger partial charge < -0.3 is 14.8 Å². The van der Waals surface area contributed by atoms with Crippen LogP contribution < -0.4 is 5.56 Å². The third kappa shape index (κ3) is 2.42. The second-order valence-electron chi connectivity index (χ2n) is 4.88. The number of aromatic amines is 1. The number of H-pyrrole nitrogens is 1. The number of ether oxygens (including phenoxy) is 1. The first-order valence-electron chi connectivity index (χ1n) is 6.37. The van der Waals surface area contributed by atoms with Gasteiger partial charge in [0.1, 0.15) is 15.5 Å². The highest BCUT2D eigenvalue weighted by Gasteiger charge is 2.29. The molecule has 0 amide bonds. The van der Waals surface area contributed by atoms with Crippen LogP contribution in [0.25, 0.3) is 10.2 Å². The van der Waals surface area contributed by atoms with Gasteiger partial charge in [0.25, 0.3) is 5.56 Å². The molecular weight excluding hydrogens is 296 g/mol. The highest BCUT2D eigenvalue weighted by molar-refractivity contribution is 7.20. The van der Waals surface area contributed by atoms with Crippen molar-refractivity contribution in [2.75, 3.05) is 7.11 Å². The molecule has 1 aliphatic rings.